The highest BCUT2D eigenvalue weighted by Crippen LogP contribution is 2.03. The van der Waals surface area contributed by atoms with Crippen molar-refractivity contribution in [3.8, 4) is 6.07 Å². The van der Waals surface area contributed by atoms with Gasteiger partial charge < -0.3 is 5.11 Å². The van der Waals surface area contributed by atoms with Gasteiger partial charge in [-0.1, -0.05) is 0 Å². The molecule has 0 amide bonds. The lowest BCUT2D eigenvalue weighted by molar-refractivity contribution is 0.195. The Morgan fingerprint density at radius 2 is 2.33 bits per heavy atom. The third kappa shape index (κ3) is 2.19. The minimum Gasteiger partial charge on any atom is -0.392 e. The quantitative estimate of drug-likeness (QED) is 0.494. The van der Waals surface area contributed by atoms with Crippen molar-refractivity contribution < 1.29 is 5.11 Å². The normalized spacial score (nSPS) is 32.9. The third-order valence-corrected chi connectivity index (χ3v) is 1.26. The van der Waals surface area contributed by atoms with Gasteiger partial charge in [0.15, 0.2) is 0 Å². The molecule has 0 aromatic heterocycles. The average Bonchev–Trinajstić information content (AvgIpc) is 2.14. The fraction of sp³-hybridized carbons (Fsp3) is 0.800. The Labute approximate surface area is 60.1 Å². The molecule has 0 unspecified atom stereocenters. The van der Waals surface area contributed by atoms with Crippen molar-refractivity contribution >= 4 is 12.4 Å². The van der Waals surface area contributed by atoms with E-state index in [4.69, 9.17) is 10.4 Å². The standard InChI is InChI=1S/C5H8N2O.ClH/c6-2-4-1-5(8)3-7-4;/h4-5,7-8H,1,3H2;1H/t4-,5-;/m1./s1. The van der Waals surface area contributed by atoms with Crippen molar-refractivity contribution in [3.63, 3.8) is 0 Å². The number of aliphatic hydroxyl groups excluding tert-OH is 1. The van der Waals surface area contributed by atoms with E-state index in [1.807, 2.05) is 6.07 Å². The second kappa shape index (κ2) is 3.67. The fourth-order valence-electron chi connectivity index (χ4n) is 0.815. The van der Waals surface area contributed by atoms with Gasteiger partial charge >= 0.3 is 0 Å². The van der Waals surface area contributed by atoms with Gasteiger partial charge in [0.2, 0.25) is 0 Å². The van der Waals surface area contributed by atoms with Crippen LogP contribution in [0, 0.1) is 11.3 Å². The maximum Gasteiger partial charge on any atom is 0.0979 e. The Hall–Kier alpha value is -0.300. The summed E-state index contributed by atoms with van der Waals surface area (Å²) >= 11 is 0. The first-order valence-electron chi connectivity index (χ1n) is 2.64. The van der Waals surface area contributed by atoms with Gasteiger partial charge in [0.1, 0.15) is 0 Å². The maximum atomic E-state index is 8.82. The topological polar surface area (TPSA) is 56.0 Å². The highest BCUT2D eigenvalue weighted by molar-refractivity contribution is 5.85. The largest absolute Gasteiger partial charge is 0.392 e. The van der Waals surface area contributed by atoms with Gasteiger partial charge in [-0.2, -0.15) is 5.26 Å². The van der Waals surface area contributed by atoms with Crippen LogP contribution in [0.15, 0.2) is 0 Å². The van der Waals surface area contributed by atoms with Crippen molar-refractivity contribution in [1.29, 1.82) is 5.26 Å². The van der Waals surface area contributed by atoms with Crippen LogP contribution in [0.3, 0.4) is 0 Å². The van der Waals surface area contributed by atoms with Crippen molar-refractivity contribution in [3.05, 3.63) is 0 Å². The van der Waals surface area contributed by atoms with E-state index in [1.54, 1.807) is 0 Å². The second-order valence-corrected chi connectivity index (χ2v) is 1.98. The van der Waals surface area contributed by atoms with Gasteiger partial charge in [0.25, 0.3) is 0 Å². The van der Waals surface area contributed by atoms with E-state index < -0.39 is 0 Å². The van der Waals surface area contributed by atoms with Crippen LogP contribution in [0.25, 0.3) is 0 Å². The van der Waals surface area contributed by atoms with Crippen LogP contribution in [0.5, 0.6) is 0 Å². The van der Waals surface area contributed by atoms with E-state index in [0.717, 1.165) is 0 Å². The summed E-state index contributed by atoms with van der Waals surface area (Å²) in [6, 6.07) is 1.90. The molecule has 3 nitrogen and oxygen atoms in total. The molecular weight excluding hydrogens is 140 g/mol. The molecular formula is C5H9ClN2O. The Bertz CT molecular complexity index is 123. The Morgan fingerprint density at radius 3 is 2.56 bits per heavy atom. The molecule has 0 saturated carbocycles. The first-order valence-corrected chi connectivity index (χ1v) is 2.64. The summed E-state index contributed by atoms with van der Waals surface area (Å²) in [7, 11) is 0. The maximum absolute atomic E-state index is 8.82. The van der Waals surface area contributed by atoms with Gasteiger partial charge in [-0.3, -0.25) is 5.32 Å². The Morgan fingerprint density at radius 1 is 1.67 bits per heavy atom. The number of halogens is 1. The molecule has 9 heavy (non-hydrogen) atoms. The first-order chi connectivity index (χ1) is 3.83. The molecule has 1 rings (SSSR count). The summed E-state index contributed by atoms with van der Waals surface area (Å²) < 4.78 is 0. The number of aliphatic hydroxyl groups is 1. The summed E-state index contributed by atoms with van der Waals surface area (Å²) in [6.45, 7) is 0.568. The molecule has 4 heteroatoms. The van der Waals surface area contributed by atoms with Crippen molar-refractivity contribution in [2.24, 2.45) is 0 Å². The number of hydrogen-bond donors (Lipinski definition) is 2. The number of β-amino-alcohol motifs (C(OH)–C–C–N with tert-alkyl or cyclic N) is 1. The van der Waals surface area contributed by atoms with E-state index in [-0.39, 0.29) is 24.6 Å². The van der Waals surface area contributed by atoms with Crippen molar-refractivity contribution in [2.45, 2.75) is 18.6 Å². The highest BCUT2D eigenvalue weighted by atomic mass is 35.5. The Balaban J connectivity index is 0.000000640. The zero-order chi connectivity index (χ0) is 5.98. The van der Waals surface area contributed by atoms with Crippen LogP contribution < -0.4 is 5.32 Å². The lowest BCUT2D eigenvalue weighted by atomic mass is 10.2. The van der Waals surface area contributed by atoms with Crippen LogP contribution in [0.4, 0.5) is 0 Å². The number of nitrogens with one attached hydrogen (secondary N) is 1. The predicted molar refractivity (Wildman–Crippen MR) is 35.3 cm³/mol. The van der Waals surface area contributed by atoms with Gasteiger partial charge in [-0.25, -0.2) is 0 Å². The van der Waals surface area contributed by atoms with Crippen LogP contribution in [-0.4, -0.2) is 23.8 Å². The summed E-state index contributed by atoms with van der Waals surface area (Å²) in [5.74, 6) is 0. The van der Waals surface area contributed by atoms with Crippen LogP contribution in [-0.2, 0) is 0 Å². The van der Waals surface area contributed by atoms with Gasteiger partial charge in [0.05, 0.1) is 18.2 Å². The predicted octanol–water partition coefficient (Wildman–Crippen LogP) is -0.345. The monoisotopic (exact) mass is 148 g/mol. The number of hydrogen-bond acceptors (Lipinski definition) is 3. The first kappa shape index (κ1) is 8.70. The molecule has 2 atom stereocenters. The zero-order valence-electron chi connectivity index (χ0n) is 4.87. The van der Waals surface area contributed by atoms with E-state index >= 15 is 0 Å². The Kier molecular flexibility index (Phi) is 3.55. The number of rotatable bonds is 0. The van der Waals surface area contributed by atoms with Gasteiger partial charge in [0, 0.05) is 13.0 Å². The molecule has 1 saturated heterocycles. The molecule has 2 N–H and O–H groups in total. The van der Waals surface area contributed by atoms with Crippen LogP contribution >= 0.6 is 12.4 Å². The fourth-order valence-corrected chi connectivity index (χ4v) is 0.815. The molecule has 0 bridgehead atoms. The van der Waals surface area contributed by atoms with Crippen molar-refractivity contribution in [1.82, 2.24) is 5.32 Å². The lowest BCUT2D eigenvalue weighted by Crippen LogP contribution is -2.19. The van der Waals surface area contributed by atoms with Crippen LogP contribution in [0.2, 0.25) is 0 Å². The minimum absolute atomic E-state index is 0. The summed E-state index contributed by atoms with van der Waals surface area (Å²) in [5, 5.41) is 19.9. The van der Waals surface area contributed by atoms with E-state index in [1.165, 1.54) is 0 Å². The van der Waals surface area contributed by atoms with Gasteiger partial charge in [-0.05, 0) is 0 Å². The molecule has 0 aromatic carbocycles. The molecule has 0 aliphatic carbocycles. The molecule has 1 aliphatic rings. The van der Waals surface area contributed by atoms with Gasteiger partial charge in [-0.15, -0.1) is 12.4 Å². The van der Waals surface area contributed by atoms with Crippen molar-refractivity contribution in [2.75, 3.05) is 6.54 Å². The molecule has 52 valence electrons. The van der Waals surface area contributed by atoms with E-state index in [2.05, 4.69) is 5.32 Å². The lowest BCUT2D eigenvalue weighted by Gasteiger charge is -1.92. The summed E-state index contributed by atoms with van der Waals surface area (Å²) in [6.07, 6.45) is 0.274. The number of nitrogens with zero attached hydrogens (tertiary/aromatic N) is 1. The average molecular weight is 149 g/mol. The van der Waals surface area contributed by atoms with E-state index in [9.17, 15) is 0 Å². The molecule has 0 aromatic rings. The minimum atomic E-state index is -0.306. The molecule has 1 fully saturated rings. The second-order valence-electron chi connectivity index (χ2n) is 1.98. The van der Waals surface area contributed by atoms with Crippen LogP contribution in [0.1, 0.15) is 6.42 Å². The molecule has 1 aliphatic heterocycles. The number of nitriles is 1. The summed E-state index contributed by atoms with van der Waals surface area (Å²) in [5.41, 5.74) is 0. The zero-order valence-corrected chi connectivity index (χ0v) is 5.69. The summed E-state index contributed by atoms with van der Waals surface area (Å²) in [4.78, 5) is 0. The van der Waals surface area contributed by atoms with E-state index in [0.29, 0.717) is 13.0 Å². The smallest absolute Gasteiger partial charge is 0.0979 e. The third-order valence-electron chi connectivity index (χ3n) is 1.26. The molecule has 1 heterocycles. The molecule has 0 radical (unpaired) electrons. The molecule has 0 spiro atoms. The highest BCUT2D eigenvalue weighted by Gasteiger charge is 2.20. The SMILES string of the molecule is Cl.N#C[C@H]1C[C@@H](O)CN1.